The number of pyridine rings is 1. The van der Waals surface area contributed by atoms with Crippen molar-refractivity contribution in [3.05, 3.63) is 217 Å². The zero-order valence-corrected chi connectivity index (χ0v) is 33.6. The molecule has 1 aliphatic carbocycles. The minimum Gasteiger partial charge on any atom is -0.490 e. The maximum absolute atomic E-state index is 6.50. The van der Waals surface area contributed by atoms with Gasteiger partial charge in [-0.05, 0) is 95.6 Å². The number of hydrogen-bond acceptors (Lipinski definition) is 5. The van der Waals surface area contributed by atoms with Gasteiger partial charge in [0.2, 0.25) is 0 Å². The van der Waals surface area contributed by atoms with Crippen LogP contribution in [-0.4, -0.2) is 26.5 Å². The Morgan fingerprint density at radius 1 is 0.500 bits per heavy atom. The van der Waals surface area contributed by atoms with Crippen LogP contribution < -0.4 is 0 Å². The fraction of sp³-hybridized carbons (Fsp3) is 0.0909. The van der Waals surface area contributed by atoms with Crippen LogP contribution in [0.3, 0.4) is 0 Å². The first-order chi connectivity index (χ1) is 29.6. The minimum absolute atomic E-state index is 0.481. The lowest BCUT2D eigenvalue weighted by atomic mass is 9.68. The topological polar surface area (TPSA) is 60.8 Å². The summed E-state index contributed by atoms with van der Waals surface area (Å²) in [5.41, 5.74) is 13.9. The second-order valence-electron chi connectivity index (χ2n) is 15.2. The highest BCUT2D eigenvalue weighted by Crippen LogP contribution is 2.58. The molecule has 6 aromatic carbocycles. The highest BCUT2D eigenvalue weighted by molar-refractivity contribution is 5.96. The van der Waals surface area contributed by atoms with E-state index in [-0.39, 0.29) is 0 Å². The third kappa shape index (κ3) is 6.45. The molecule has 1 atom stereocenters. The molecular weight excluding hydrogens is 733 g/mol. The summed E-state index contributed by atoms with van der Waals surface area (Å²) in [6, 6.07) is 53.3. The summed E-state index contributed by atoms with van der Waals surface area (Å²) in [6.45, 7) is 4.70. The number of nitrogens with zero attached hydrogens (tertiary/aromatic N) is 4. The van der Waals surface area contributed by atoms with Gasteiger partial charge < -0.3 is 4.74 Å². The summed E-state index contributed by atoms with van der Waals surface area (Å²) in [5.74, 6) is 2.81. The van der Waals surface area contributed by atoms with Gasteiger partial charge in [-0.1, -0.05) is 152 Å². The summed E-state index contributed by atoms with van der Waals surface area (Å²) in [6.07, 6.45) is 15.6. The molecule has 3 heterocycles. The van der Waals surface area contributed by atoms with E-state index in [9.17, 15) is 0 Å². The first-order valence-corrected chi connectivity index (χ1v) is 20.5. The quantitative estimate of drug-likeness (QED) is 0.174. The van der Waals surface area contributed by atoms with E-state index in [2.05, 4.69) is 135 Å². The predicted octanol–water partition coefficient (Wildman–Crippen LogP) is 13.4. The third-order valence-electron chi connectivity index (χ3n) is 11.8. The van der Waals surface area contributed by atoms with Crippen LogP contribution in [0.5, 0.6) is 0 Å². The highest BCUT2D eigenvalue weighted by Gasteiger charge is 2.46. The zero-order valence-electron chi connectivity index (χ0n) is 33.6. The highest BCUT2D eigenvalue weighted by atomic mass is 16.5. The number of ether oxygens (including phenoxy) is 1. The zero-order chi connectivity index (χ0) is 40.5. The number of hydrogen-bond donors (Lipinski definition) is 0. The van der Waals surface area contributed by atoms with E-state index in [4.69, 9.17) is 24.7 Å². The first kappa shape index (κ1) is 36.8. The lowest BCUT2D eigenvalue weighted by molar-refractivity contribution is 0.247. The second kappa shape index (κ2) is 15.7. The summed E-state index contributed by atoms with van der Waals surface area (Å²) in [4.78, 5) is 19.8. The van der Waals surface area contributed by atoms with Crippen LogP contribution in [0.25, 0.3) is 78.4 Å². The molecule has 288 valence electrons. The standard InChI is InChI=1S/C55H42N4O/c1-3-47-50(4-2)60-33-14-6-5-13-31-55(47)48-29-27-41(35-45(48)46-36-42(28-30-49(46)55)44-26-16-22-37-25-17-32-56-51(37)44)40-23-15-24-43(34-40)54-58-52(38-18-9-7-10-19-38)57-53(59-54)39-20-11-8-12-21-39/h3-30,32,34-36H,31,33H2,1-2H3/b13-5-,14-6-,47-3?,50-4+. The lowest BCUT2D eigenvalue weighted by Crippen LogP contribution is -2.29. The van der Waals surface area contributed by atoms with Gasteiger partial charge in [0.05, 0.1) is 10.9 Å². The van der Waals surface area contributed by atoms with Crippen molar-refractivity contribution in [1.82, 2.24) is 19.9 Å². The molecule has 5 nitrogen and oxygen atoms in total. The fourth-order valence-corrected chi connectivity index (χ4v) is 9.01. The van der Waals surface area contributed by atoms with Crippen molar-refractivity contribution >= 4 is 10.9 Å². The molecule has 0 radical (unpaired) electrons. The molecule has 1 aliphatic heterocycles. The van der Waals surface area contributed by atoms with Crippen molar-refractivity contribution < 1.29 is 4.74 Å². The van der Waals surface area contributed by atoms with Crippen molar-refractivity contribution in [2.24, 2.45) is 0 Å². The van der Waals surface area contributed by atoms with E-state index in [0.717, 1.165) is 67.6 Å². The van der Waals surface area contributed by atoms with Gasteiger partial charge in [-0.25, -0.2) is 15.0 Å². The Hall–Kier alpha value is -7.50. The van der Waals surface area contributed by atoms with Gasteiger partial charge in [0.15, 0.2) is 17.5 Å². The summed E-state index contributed by atoms with van der Waals surface area (Å²) < 4.78 is 6.50. The molecule has 8 aromatic rings. The number of para-hydroxylation sites is 1. The van der Waals surface area contributed by atoms with Crippen molar-refractivity contribution in [3.8, 4) is 67.5 Å². The molecule has 2 aliphatic rings. The molecule has 0 saturated carbocycles. The SMILES string of the molecule is CC=C1/C(=C\C)OC/C=C\C=C/CC12c1ccc(-c3cccc(-c4nc(-c5ccccc5)nc(-c5ccccc5)n4)c3)cc1-c1cc(-c3cccc4cccnc34)ccc12. The molecular formula is C55H42N4O. The van der Waals surface area contributed by atoms with E-state index in [1.54, 1.807) is 0 Å². The number of fused-ring (bicyclic) bond motifs is 6. The largest absolute Gasteiger partial charge is 0.490 e. The molecule has 0 N–H and O–H groups in total. The summed E-state index contributed by atoms with van der Waals surface area (Å²) >= 11 is 0. The first-order valence-electron chi connectivity index (χ1n) is 20.5. The Kier molecular flexibility index (Phi) is 9.63. The molecule has 0 amide bonds. The average Bonchev–Trinajstić information content (AvgIpc) is 3.59. The predicted molar refractivity (Wildman–Crippen MR) is 245 cm³/mol. The summed E-state index contributed by atoms with van der Waals surface area (Å²) in [5, 5.41) is 1.12. The Bertz CT molecular complexity index is 2970. The fourth-order valence-electron chi connectivity index (χ4n) is 9.01. The lowest BCUT2D eigenvalue weighted by Gasteiger charge is -2.35. The average molecular weight is 775 g/mol. The monoisotopic (exact) mass is 774 g/mol. The summed E-state index contributed by atoms with van der Waals surface area (Å²) in [7, 11) is 0. The van der Waals surface area contributed by atoms with Crippen LogP contribution >= 0.6 is 0 Å². The minimum atomic E-state index is -0.481. The van der Waals surface area contributed by atoms with Crippen LogP contribution in [0.1, 0.15) is 31.4 Å². The Balaban J connectivity index is 1.16. The van der Waals surface area contributed by atoms with Gasteiger partial charge in [0.25, 0.3) is 0 Å². The molecule has 60 heavy (non-hydrogen) atoms. The number of rotatable bonds is 5. The molecule has 2 aromatic heterocycles. The van der Waals surface area contributed by atoms with E-state index in [1.165, 1.54) is 22.3 Å². The van der Waals surface area contributed by atoms with Gasteiger partial charge in [-0.15, -0.1) is 0 Å². The van der Waals surface area contributed by atoms with Gasteiger partial charge in [0.1, 0.15) is 12.4 Å². The maximum Gasteiger partial charge on any atom is 0.164 e. The Morgan fingerprint density at radius 3 is 1.78 bits per heavy atom. The Morgan fingerprint density at radius 2 is 1.08 bits per heavy atom. The van der Waals surface area contributed by atoms with Crippen LogP contribution in [-0.2, 0) is 10.2 Å². The third-order valence-corrected chi connectivity index (χ3v) is 11.8. The van der Waals surface area contributed by atoms with E-state index < -0.39 is 5.41 Å². The number of benzene rings is 6. The molecule has 0 saturated heterocycles. The van der Waals surface area contributed by atoms with Crippen LogP contribution in [0.2, 0.25) is 0 Å². The number of allylic oxidation sites excluding steroid dienone is 6. The van der Waals surface area contributed by atoms with Crippen LogP contribution in [0.15, 0.2) is 206 Å². The normalized spacial score (nSPS) is 18.2. The van der Waals surface area contributed by atoms with Gasteiger partial charge in [0, 0.05) is 39.4 Å². The number of aromatic nitrogens is 4. The smallest absolute Gasteiger partial charge is 0.164 e. The molecule has 5 heteroatoms. The second-order valence-corrected chi connectivity index (χ2v) is 15.2. The van der Waals surface area contributed by atoms with E-state index in [0.29, 0.717) is 24.1 Å². The van der Waals surface area contributed by atoms with E-state index >= 15 is 0 Å². The molecule has 1 spiro atoms. The maximum atomic E-state index is 6.50. The molecule has 1 unspecified atom stereocenters. The molecule has 0 fully saturated rings. The van der Waals surface area contributed by atoms with Crippen molar-refractivity contribution in [2.45, 2.75) is 25.7 Å². The van der Waals surface area contributed by atoms with E-state index in [1.807, 2.05) is 72.9 Å². The Labute approximate surface area is 350 Å². The van der Waals surface area contributed by atoms with Crippen LogP contribution in [0, 0.1) is 0 Å². The van der Waals surface area contributed by atoms with Gasteiger partial charge in [-0.3, -0.25) is 4.98 Å². The van der Waals surface area contributed by atoms with Crippen molar-refractivity contribution in [3.63, 3.8) is 0 Å². The molecule has 0 bridgehead atoms. The van der Waals surface area contributed by atoms with Gasteiger partial charge in [-0.2, -0.15) is 0 Å². The van der Waals surface area contributed by atoms with Crippen molar-refractivity contribution in [1.29, 1.82) is 0 Å². The van der Waals surface area contributed by atoms with Crippen molar-refractivity contribution in [2.75, 3.05) is 6.61 Å². The molecule has 10 rings (SSSR count). The van der Waals surface area contributed by atoms with Gasteiger partial charge >= 0.3 is 0 Å². The van der Waals surface area contributed by atoms with Crippen LogP contribution in [0.4, 0.5) is 0 Å².